The number of halogens is 1. The van der Waals surface area contributed by atoms with Crippen LogP contribution in [0, 0.1) is 0 Å². The molecule has 24 heavy (non-hydrogen) atoms. The van der Waals surface area contributed by atoms with Crippen LogP contribution in [0.15, 0.2) is 42.5 Å². The fourth-order valence-corrected chi connectivity index (χ4v) is 2.28. The zero-order chi connectivity index (χ0) is 17.7. The largest absolute Gasteiger partial charge is 0.483 e. The maximum atomic E-state index is 12.0. The Balaban J connectivity index is 1.97. The van der Waals surface area contributed by atoms with E-state index < -0.39 is 5.91 Å². The molecule has 0 bridgehead atoms. The lowest BCUT2D eigenvalue weighted by Gasteiger charge is -2.11. The Kier molecular flexibility index (Phi) is 5.82. The summed E-state index contributed by atoms with van der Waals surface area (Å²) in [5.41, 5.74) is 7.28. The molecule has 0 aliphatic rings. The fourth-order valence-electron chi connectivity index (χ4n) is 2.11. The summed E-state index contributed by atoms with van der Waals surface area (Å²) in [6.45, 7) is 3.96. The predicted molar refractivity (Wildman–Crippen MR) is 94.6 cm³/mol. The number of hydrogen-bond acceptors (Lipinski definition) is 3. The van der Waals surface area contributed by atoms with E-state index >= 15 is 0 Å². The van der Waals surface area contributed by atoms with E-state index in [4.69, 9.17) is 22.1 Å². The molecule has 0 saturated carbocycles. The topological polar surface area (TPSA) is 81.4 Å². The zero-order valence-corrected chi connectivity index (χ0v) is 14.3. The number of ether oxygens (including phenoxy) is 1. The summed E-state index contributed by atoms with van der Waals surface area (Å²) < 4.78 is 5.38. The number of benzene rings is 2. The van der Waals surface area contributed by atoms with Gasteiger partial charge in [-0.1, -0.05) is 37.6 Å². The van der Waals surface area contributed by atoms with Crippen molar-refractivity contribution < 1.29 is 14.3 Å². The van der Waals surface area contributed by atoms with Crippen molar-refractivity contribution in [3.8, 4) is 5.75 Å². The van der Waals surface area contributed by atoms with Crippen molar-refractivity contribution >= 4 is 29.1 Å². The van der Waals surface area contributed by atoms with Gasteiger partial charge in [-0.2, -0.15) is 0 Å². The maximum absolute atomic E-state index is 12.0. The first-order chi connectivity index (χ1) is 11.4. The third kappa shape index (κ3) is 4.73. The molecule has 2 aromatic carbocycles. The number of hydrogen-bond donors (Lipinski definition) is 2. The van der Waals surface area contributed by atoms with E-state index in [1.807, 2.05) is 24.3 Å². The van der Waals surface area contributed by atoms with Gasteiger partial charge >= 0.3 is 0 Å². The molecule has 0 fully saturated rings. The van der Waals surface area contributed by atoms with Crippen molar-refractivity contribution in [3.63, 3.8) is 0 Å². The third-order valence-electron chi connectivity index (χ3n) is 3.43. The van der Waals surface area contributed by atoms with E-state index in [1.165, 1.54) is 17.7 Å². The second-order valence-electron chi connectivity index (χ2n) is 5.62. The Labute approximate surface area is 145 Å². The van der Waals surface area contributed by atoms with Crippen LogP contribution in [0.5, 0.6) is 5.75 Å². The van der Waals surface area contributed by atoms with Crippen molar-refractivity contribution in [3.05, 3.63) is 58.6 Å². The highest BCUT2D eigenvalue weighted by Crippen LogP contribution is 2.22. The van der Waals surface area contributed by atoms with Gasteiger partial charge in [-0.25, -0.2) is 0 Å². The minimum Gasteiger partial charge on any atom is -0.483 e. The number of carbonyl (C=O) groups is 2. The number of nitrogens with one attached hydrogen (secondary N) is 1. The summed E-state index contributed by atoms with van der Waals surface area (Å²) in [5.74, 6) is -0.359. The molecule has 0 aliphatic heterocycles. The molecular weight excluding hydrogens is 328 g/mol. The highest BCUT2D eigenvalue weighted by atomic mass is 35.5. The molecule has 2 rings (SSSR count). The van der Waals surface area contributed by atoms with E-state index in [0.717, 1.165) is 0 Å². The number of amides is 2. The molecule has 0 aliphatic carbocycles. The quantitative estimate of drug-likeness (QED) is 0.838. The summed E-state index contributed by atoms with van der Waals surface area (Å²) in [6, 6.07) is 12.1. The molecule has 0 unspecified atom stereocenters. The Morgan fingerprint density at radius 1 is 1.17 bits per heavy atom. The van der Waals surface area contributed by atoms with Crippen LogP contribution >= 0.6 is 11.6 Å². The van der Waals surface area contributed by atoms with Crippen LogP contribution in [0.25, 0.3) is 0 Å². The summed E-state index contributed by atoms with van der Waals surface area (Å²) >= 11 is 5.82. The van der Waals surface area contributed by atoms with Gasteiger partial charge in [-0.3, -0.25) is 9.59 Å². The molecule has 0 heterocycles. The fraction of sp³-hybridized carbons (Fsp3) is 0.222. The van der Waals surface area contributed by atoms with Gasteiger partial charge in [-0.05, 0) is 41.8 Å². The van der Waals surface area contributed by atoms with Crippen LogP contribution < -0.4 is 15.8 Å². The molecule has 2 amide bonds. The van der Waals surface area contributed by atoms with Crippen LogP contribution in [-0.4, -0.2) is 18.4 Å². The lowest BCUT2D eigenvalue weighted by Crippen LogP contribution is -2.21. The highest BCUT2D eigenvalue weighted by Gasteiger charge is 2.12. The number of nitrogens with two attached hydrogens (primary N) is 1. The molecule has 0 radical (unpaired) electrons. The van der Waals surface area contributed by atoms with Gasteiger partial charge < -0.3 is 15.8 Å². The van der Waals surface area contributed by atoms with E-state index in [2.05, 4.69) is 19.2 Å². The smallest absolute Gasteiger partial charge is 0.262 e. The van der Waals surface area contributed by atoms with Gasteiger partial charge in [0.05, 0.1) is 5.56 Å². The van der Waals surface area contributed by atoms with Crippen molar-refractivity contribution in [2.75, 3.05) is 11.9 Å². The number of anilines is 1. The number of rotatable bonds is 6. The summed E-state index contributed by atoms with van der Waals surface area (Å²) in [6.07, 6.45) is 0. The van der Waals surface area contributed by atoms with E-state index in [1.54, 1.807) is 6.07 Å². The van der Waals surface area contributed by atoms with Gasteiger partial charge in [0, 0.05) is 10.7 Å². The molecule has 6 heteroatoms. The minimum absolute atomic E-state index is 0.136. The molecule has 0 saturated heterocycles. The first kappa shape index (κ1) is 17.8. The number of primary amides is 1. The Morgan fingerprint density at radius 2 is 1.83 bits per heavy atom. The molecule has 0 aromatic heterocycles. The van der Waals surface area contributed by atoms with E-state index in [9.17, 15) is 9.59 Å². The van der Waals surface area contributed by atoms with Crippen LogP contribution in [0.3, 0.4) is 0 Å². The highest BCUT2D eigenvalue weighted by molar-refractivity contribution is 6.31. The minimum atomic E-state index is -0.669. The first-order valence-electron chi connectivity index (χ1n) is 7.49. The normalized spacial score (nSPS) is 10.5. The third-order valence-corrected chi connectivity index (χ3v) is 3.66. The summed E-state index contributed by atoms with van der Waals surface area (Å²) in [7, 11) is 0. The van der Waals surface area contributed by atoms with Crippen molar-refractivity contribution in [1.29, 1.82) is 0 Å². The van der Waals surface area contributed by atoms with Gasteiger partial charge in [0.2, 0.25) is 0 Å². The monoisotopic (exact) mass is 346 g/mol. The lowest BCUT2D eigenvalue weighted by molar-refractivity contribution is -0.118. The van der Waals surface area contributed by atoms with Crippen molar-refractivity contribution in [1.82, 2.24) is 0 Å². The van der Waals surface area contributed by atoms with Gasteiger partial charge in [-0.15, -0.1) is 0 Å². The Hall–Kier alpha value is -2.53. The van der Waals surface area contributed by atoms with Gasteiger partial charge in [0.25, 0.3) is 11.8 Å². The van der Waals surface area contributed by atoms with Gasteiger partial charge in [0.1, 0.15) is 5.75 Å². The Morgan fingerprint density at radius 3 is 2.42 bits per heavy atom. The maximum Gasteiger partial charge on any atom is 0.262 e. The standard InChI is InChI=1S/C18H19ClN2O3/c1-11(2)12-3-6-14(7-4-12)21-17(22)10-24-16-8-5-13(19)9-15(16)18(20)23/h3-9,11H,10H2,1-2H3,(H2,20,23)(H,21,22). The van der Waals surface area contributed by atoms with Crippen molar-refractivity contribution in [2.24, 2.45) is 5.73 Å². The molecule has 0 atom stereocenters. The molecular formula is C18H19ClN2O3. The molecule has 3 N–H and O–H groups in total. The average molecular weight is 347 g/mol. The Bertz CT molecular complexity index is 742. The second kappa shape index (κ2) is 7.84. The molecule has 126 valence electrons. The lowest BCUT2D eigenvalue weighted by atomic mass is 10.0. The number of carbonyl (C=O) groups excluding carboxylic acids is 2. The second-order valence-corrected chi connectivity index (χ2v) is 6.05. The van der Waals surface area contributed by atoms with Crippen LogP contribution in [-0.2, 0) is 4.79 Å². The SMILES string of the molecule is CC(C)c1ccc(NC(=O)COc2ccc(Cl)cc2C(N)=O)cc1. The molecule has 5 nitrogen and oxygen atoms in total. The first-order valence-corrected chi connectivity index (χ1v) is 7.86. The summed E-state index contributed by atoms with van der Waals surface area (Å²) in [5, 5.41) is 3.10. The van der Waals surface area contributed by atoms with Crippen LogP contribution in [0.2, 0.25) is 5.02 Å². The predicted octanol–water partition coefficient (Wildman–Crippen LogP) is 3.58. The molecule has 2 aromatic rings. The van der Waals surface area contributed by atoms with Crippen LogP contribution in [0.1, 0.15) is 35.7 Å². The van der Waals surface area contributed by atoms with Crippen molar-refractivity contribution in [2.45, 2.75) is 19.8 Å². The van der Waals surface area contributed by atoms with E-state index in [-0.39, 0.29) is 23.8 Å². The van der Waals surface area contributed by atoms with E-state index in [0.29, 0.717) is 16.6 Å². The molecule has 0 spiro atoms. The average Bonchev–Trinajstić information content (AvgIpc) is 2.54. The summed E-state index contributed by atoms with van der Waals surface area (Å²) in [4.78, 5) is 23.4. The zero-order valence-electron chi connectivity index (χ0n) is 13.5. The van der Waals surface area contributed by atoms with Gasteiger partial charge in [0.15, 0.2) is 6.61 Å². The van der Waals surface area contributed by atoms with Crippen LogP contribution in [0.4, 0.5) is 5.69 Å².